The van der Waals surface area contributed by atoms with Gasteiger partial charge in [0.2, 0.25) is 11.9 Å². The van der Waals surface area contributed by atoms with Crippen LogP contribution < -0.4 is 25.4 Å². The van der Waals surface area contributed by atoms with Crippen molar-refractivity contribution in [1.82, 2.24) is 20.7 Å². The van der Waals surface area contributed by atoms with Crippen LogP contribution in [0.5, 0.6) is 5.75 Å². The molecule has 1 amide bonds. The van der Waals surface area contributed by atoms with Gasteiger partial charge in [0.15, 0.2) is 0 Å². The van der Waals surface area contributed by atoms with Crippen LogP contribution in [-0.4, -0.2) is 64.1 Å². The molecule has 0 spiro atoms. The van der Waals surface area contributed by atoms with Crippen LogP contribution in [0.1, 0.15) is 61.8 Å². The summed E-state index contributed by atoms with van der Waals surface area (Å²) in [6.07, 6.45) is 2.88. The number of hydrogen-bond acceptors (Lipinski definition) is 8. The summed E-state index contributed by atoms with van der Waals surface area (Å²) in [6.45, 7) is 10.3. The minimum absolute atomic E-state index is 0.158. The summed E-state index contributed by atoms with van der Waals surface area (Å²) in [4.78, 5) is 24.7. The SMILES string of the molecule is COC(=O)[C@H](CCCNC(=N)NS(=O)(=O)c1c(C)c(C)c2c(c1C)CC(C)(C)O2)NC(=O)[C@@H]1CCCN1. The molecule has 206 valence electrons. The normalized spacial score (nSPS) is 18.9. The third kappa shape index (κ3) is 6.53. The zero-order valence-electron chi connectivity index (χ0n) is 22.5. The van der Waals surface area contributed by atoms with Crippen molar-refractivity contribution >= 4 is 27.9 Å². The summed E-state index contributed by atoms with van der Waals surface area (Å²) in [6, 6.07) is -1.14. The predicted octanol–water partition coefficient (Wildman–Crippen LogP) is 1.32. The number of esters is 1. The van der Waals surface area contributed by atoms with Crippen molar-refractivity contribution in [3.8, 4) is 5.75 Å². The highest BCUT2D eigenvalue weighted by Gasteiger charge is 2.36. The third-order valence-electron chi connectivity index (χ3n) is 6.95. The molecule has 1 fully saturated rings. The van der Waals surface area contributed by atoms with E-state index in [1.54, 1.807) is 13.8 Å². The van der Waals surface area contributed by atoms with Crippen molar-refractivity contribution < 1.29 is 27.5 Å². The fraction of sp³-hybridized carbons (Fsp3) is 0.640. The van der Waals surface area contributed by atoms with Crippen LogP contribution in [0.4, 0.5) is 0 Å². The second-order valence-electron chi connectivity index (χ2n) is 10.3. The Balaban J connectivity index is 1.59. The van der Waals surface area contributed by atoms with Crippen LogP contribution in [0.2, 0.25) is 0 Å². The first kappa shape index (κ1) is 28.7. The molecule has 5 N–H and O–H groups in total. The van der Waals surface area contributed by atoms with Crippen molar-refractivity contribution in [3.63, 3.8) is 0 Å². The molecule has 2 aliphatic rings. The third-order valence-corrected chi connectivity index (χ3v) is 8.57. The molecule has 0 bridgehead atoms. The Hall–Kier alpha value is -2.86. The molecular weight excluding hydrogens is 498 g/mol. The van der Waals surface area contributed by atoms with E-state index in [2.05, 4.69) is 20.7 Å². The predicted molar refractivity (Wildman–Crippen MR) is 139 cm³/mol. The summed E-state index contributed by atoms with van der Waals surface area (Å²) in [7, 11) is -2.77. The molecule has 2 heterocycles. The standard InChI is InChI=1S/C25H39N5O6S/c1-14-15(2)21(16(3)17-13-25(4,5)36-20(14)17)37(33,34)30-24(26)28-12-8-10-19(23(32)35-6)29-22(31)18-9-7-11-27-18/h18-19,27H,7-13H2,1-6H3,(H,29,31)(H3,26,28,30)/t18-,19-/m0/s1. The minimum Gasteiger partial charge on any atom is -0.487 e. The van der Waals surface area contributed by atoms with Crippen molar-refractivity contribution in [2.75, 3.05) is 20.2 Å². The van der Waals surface area contributed by atoms with Gasteiger partial charge in [0.25, 0.3) is 10.0 Å². The Bertz CT molecular complexity index is 1170. The van der Waals surface area contributed by atoms with Gasteiger partial charge in [-0.05, 0) is 83.5 Å². The summed E-state index contributed by atoms with van der Waals surface area (Å²) in [5.41, 5.74) is 2.44. The van der Waals surface area contributed by atoms with Crippen molar-refractivity contribution in [3.05, 3.63) is 22.3 Å². The van der Waals surface area contributed by atoms with Gasteiger partial charge < -0.3 is 25.4 Å². The molecule has 1 aromatic rings. The molecule has 11 nitrogen and oxygen atoms in total. The van der Waals surface area contributed by atoms with Gasteiger partial charge in [-0.3, -0.25) is 10.2 Å². The largest absolute Gasteiger partial charge is 0.487 e. The van der Waals surface area contributed by atoms with E-state index < -0.39 is 27.6 Å². The van der Waals surface area contributed by atoms with E-state index in [0.717, 1.165) is 29.8 Å². The number of benzene rings is 1. The number of fused-ring (bicyclic) bond motifs is 1. The second kappa shape index (κ2) is 11.3. The molecule has 37 heavy (non-hydrogen) atoms. The van der Waals surface area contributed by atoms with Gasteiger partial charge >= 0.3 is 5.97 Å². The Kier molecular flexibility index (Phi) is 8.74. The van der Waals surface area contributed by atoms with Gasteiger partial charge in [-0.1, -0.05) is 0 Å². The van der Waals surface area contributed by atoms with Crippen LogP contribution in [0.25, 0.3) is 0 Å². The number of nitrogens with one attached hydrogen (secondary N) is 5. The number of sulfonamides is 1. The molecule has 0 unspecified atom stereocenters. The second-order valence-corrected chi connectivity index (χ2v) is 12.0. The highest BCUT2D eigenvalue weighted by atomic mass is 32.2. The van der Waals surface area contributed by atoms with Crippen molar-refractivity contribution in [2.24, 2.45) is 0 Å². The molecule has 2 aliphatic heterocycles. The molecule has 1 saturated heterocycles. The summed E-state index contributed by atoms with van der Waals surface area (Å²) in [5.74, 6) is -0.428. The fourth-order valence-corrected chi connectivity index (χ4v) is 6.49. The monoisotopic (exact) mass is 537 g/mol. The number of rotatable bonds is 9. The van der Waals surface area contributed by atoms with Gasteiger partial charge in [0.05, 0.1) is 18.0 Å². The van der Waals surface area contributed by atoms with Gasteiger partial charge in [0, 0.05) is 18.5 Å². The molecule has 2 atom stereocenters. The molecule has 0 aliphatic carbocycles. The maximum atomic E-state index is 13.3. The lowest BCUT2D eigenvalue weighted by Gasteiger charge is -2.20. The zero-order chi connectivity index (χ0) is 27.5. The van der Waals surface area contributed by atoms with Gasteiger partial charge in [-0.25, -0.2) is 17.9 Å². The number of amides is 1. The van der Waals surface area contributed by atoms with Gasteiger partial charge in [-0.15, -0.1) is 0 Å². The lowest BCUT2D eigenvalue weighted by molar-refractivity contribution is -0.145. The van der Waals surface area contributed by atoms with Crippen molar-refractivity contribution in [2.45, 2.75) is 89.3 Å². The smallest absolute Gasteiger partial charge is 0.328 e. The number of carbonyl (C=O) groups is 2. The topological polar surface area (TPSA) is 159 Å². The van der Waals surface area contributed by atoms with E-state index in [4.69, 9.17) is 14.9 Å². The van der Waals surface area contributed by atoms with Crippen LogP contribution in [0.15, 0.2) is 4.90 Å². The van der Waals surface area contributed by atoms with Gasteiger partial charge in [0.1, 0.15) is 17.4 Å². The first-order chi connectivity index (χ1) is 17.3. The maximum Gasteiger partial charge on any atom is 0.328 e. The van der Waals surface area contributed by atoms with E-state index in [1.807, 2.05) is 20.8 Å². The van der Waals surface area contributed by atoms with E-state index >= 15 is 0 Å². The summed E-state index contributed by atoms with van der Waals surface area (Å²) >= 11 is 0. The highest BCUT2D eigenvalue weighted by molar-refractivity contribution is 7.90. The van der Waals surface area contributed by atoms with E-state index in [9.17, 15) is 18.0 Å². The minimum atomic E-state index is -4.03. The van der Waals surface area contributed by atoms with Crippen molar-refractivity contribution in [1.29, 1.82) is 5.41 Å². The quantitative estimate of drug-likeness (QED) is 0.137. The van der Waals surface area contributed by atoms with E-state index in [-0.39, 0.29) is 35.8 Å². The molecular formula is C25H39N5O6S. The summed E-state index contributed by atoms with van der Waals surface area (Å²) < 4.78 is 39.7. The van der Waals surface area contributed by atoms with E-state index in [1.165, 1.54) is 7.11 Å². The molecule has 12 heteroatoms. The molecule has 0 radical (unpaired) electrons. The maximum absolute atomic E-state index is 13.3. The molecule has 0 aromatic heterocycles. The highest BCUT2D eigenvalue weighted by Crippen LogP contribution is 2.43. The number of hydrogen-bond donors (Lipinski definition) is 5. The lowest BCUT2D eigenvalue weighted by Crippen LogP contribution is -2.49. The van der Waals surface area contributed by atoms with Crippen LogP contribution in [0, 0.1) is 26.2 Å². The Morgan fingerprint density at radius 3 is 2.54 bits per heavy atom. The summed E-state index contributed by atoms with van der Waals surface area (Å²) in [5, 5.41) is 16.7. The molecule has 0 saturated carbocycles. The van der Waals surface area contributed by atoms with Crippen LogP contribution in [-0.2, 0) is 30.8 Å². The lowest BCUT2D eigenvalue weighted by atomic mass is 9.94. The fourth-order valence-electron chi connectivity index (χ4n) is 4.96. The molecule has 1 aromatic carbocycles. The molecule has 3 rings (SSSR count). The number of methoxy groups -OCH3 is 1. The van der Waals surface area contributed by atoms with Gasteiger partial charge in [-0.2, -0.15) is 0 Å². The first-order valence-corrected chi connectivity index (χ1v) is 14.0. The van der Waals surface area contributed by atoms with E-state index in [0.29, 0.717) is 30.4 Å². The Morgan fingerprint density at radius 1 is 1.22 bits per heavy atom. The Labute approximate surface area is 219 Å². The Morgan fingerprint density at radius 2 is 1.92 bits per heavy atom. The van der Waals surface area contributed by atoms with Crippen LogP contribution in [0.3, 0.4) is 0 Å². The zero-order valence-corrected chi connectivity index (χ0v) is 23.3. The average Bonchev–Trinajstić information content (AvgIpc) is 3.46. The average molecular weight is 538 g/mol. The number of guanidine groups is 1. The number of ether oxygens (including phenoxy) is 2. The first-order valence-electron chi connectivity index (χ1n) is 12.6. The number of carbonyl (C=O) groups excluding carboxylic acids is 2. The van der Waals surface area contributed by atoms with Crippen LogP contribution >= 0.6 is 0 Å².